The van der Waals surface area contributed by atoms with Gasteiger partial charge in [-0.3, -0.25) is 9.59 Å². The summed E-state index contributed by atoms with van der Waals surface area (Å²) >= 11 is 0. The molecule has 0 spiro atoms. The van der Waals surface area contributed by atoms with Gasteiger partial charge in [-0.05, 0) is 31.4 Å². The fourth-order valence-corrected chi connectivity index (χ4v) is 2.37. The number of Topliss-reactive ketones (excluding diaryl/α,β-unsaturated/α-hetero) is 2. The van der Waals surface area contributed by atoms with E-state index < -0.39 is 0 Å². The summed E-state index contributed by atoms with van der Waals surface area (Å²) in [6, 6.07) is 0. The number of carbonyl (C=O) groups is 2. The predicted molar refractivity (Wildman–Crippen MR) is 72.9 cm³/mol. The van der Waals surface area contributed by atoms with E-state index >= 15 is 0 Å². The number of hydrogen-bond donors (Lipinski definition) is 0. The van der Waals surface area contributed by atoms with E-state index in [0.29, 0.717) is 25.2 Å². The van der Waals surface area contributed by atoms with E-state index in [1.807, 2.05) is 13.8 Å². The van der Waals surface area contributed by atoms with Crippen molar-refractivity contribution in [2.24, 2.45) is 5.92 Å². The summed E-state index contributed by atoms with van der Waals surface area (Å²) in [6.07, 6.45) is 2.64. The van der Waals surface area contributed by atoms with Gasteiger partial charge < -0.3 is 9.47 Å². The molecule has 1 atom stereocenters. The highest BCUT2D eigenvalue weighted by molar-refractivity contribution is 6.04. The van der Waals surface area contributed by atoms with Crippen molar-refractivity contribution >= 4 is 11.6 Å². The molecule has 1 unspecified atom stereocenters. The van der Waals surface area contributed by atoms with Crippen molar-refractivity contribution < 1.29 is 19.1 Å². The van der Waals surface area contributed by atoms with Crippen LogP contribution in [-0.2, 0) is 19.1 Å². The lowest BCUT2D eigenvalue weighted by Crippen LogP contribution is -2.17. The maximum atomic E-state index is 12.1. The highest BCUT2D eigenvalue weighted by Crippen LogP contribution is 2.31. The Balaban J connectivity index is 2.66. The SMILES string of the molecule is C/C=C(\COC)C(=O)CC1CC(COC)=C(C)C1=O. The van der Waals surface area contributed by atoms with Crippen LogP contribution in [0.2, 0.25) is 0 Å². The molecule has 1 rings (SSSR count). The van der Waals surface area contributed by atoms with Gasteiger partial charge in [0.25, 0.3) is 0 Å². The number of ether oxygens (including phenoxy) is 2. The van der Waals surface area contributed by atoms with E-state index in [2.05, 4.69) is 0 Å². The molecule has 0 bridgehead atoms. The van der Waals surface area contributed by atoms with Gasteiger partial charge in [-0.1, -0.05) is 6.08 Å². The number of ketones is 2. The summed E-state index contributed by atoms with van der Waals surface area (Å²) in [7, 11) is 3.17. The summed E-state index contributed by atoms with van der Waals surface area (Å²) in [6.45, 7) is 4.39. The lowest BCUT2D eigenvalue weighted by atomic mass is 9.94. The summed E-state index contributed by atoms with van der Waals surface area (Å²) in [5.41, 5.74) is 2.40. The third-order valence-electron chi connectivity index (χ3n) is 3.52. The zero-order valence-corrected chi connectivity index (χ0v) is 12.1. The number of hydrogen-bond acceptors (Lipinski definition) is 4. The van der Waals surface area contributed by atoms with Crippen molar-refractivity contribution in [3.05, 3.63) is 22.8 Å². The average Bonchev–Trinajstić information content (AvgIpc) is 2.65. The summed E-state index contributed by atoms with van der Waals surface area (Å²) in [5.74, 6) is -0.160. The second-order valence-corrected chi connectivity index (χ2v) is 4.80. The molecule has 0 radical (unpaired) electrons. The molecule has 0 aliphatic heterocycles. The fourth-order valence-electron chi connectivity index (χ4n) is 2.37. The topological polar surface area (TPSA) is 52.6 Å². The molecule has 0 amide bonds. The van der Waals surface area contributed by atoms with Crippen molar-refractivity contribution in [3.63, 3.8) is 0 Å². The third kappa shape index (κ3) is 3.85. The van der Waals surface area contributed by atoms with Crippen LogP contribution in [0.1, 0.15) is 26.7 Å². The maximum absolute atomic E-state index is 12.1. The standard InChI is InChI=1S/C15H22O4/c1-5-11(8-18-3)14(16)7-12-6-13(9-19-4)10(2)15(12)17/h5,12H,6-9H2,1-4H3/b11-5+. The molecule has 0 aromatic carbocycles. The molecule has 0 saturated heterocycles. The van der Waals surface area contributed by atoms with Crippen LogP contribution in [0.5, 0.6) is 0 Å². The van der Waals surface area contributed by atoms with Gasteiger partial charge in [-0.2, -0.15) is 0 Å². The monoisotopic (exact) mass is 266 g/mol. The Kier molecular flexibility index (Phi) is 6.12. The van der Waals surface area contributed by atoms with Crippen LogP contribution in [0.25, 0.3) is 0 Å². The van der Waals surface area contributed by atoms with Gasteiger partial charge in [0.1, 0.15) is 0 Å². The second-order valence-electron chi connectivity index (χ2n) is 4.80. The van der Waals surface area contributed by atoms with E-state index in [1.165, 1.54) is 0 Å². The molecule has 0 aromatic heterocycles. The quantitative estimate of drug-likeness (QED) is 0.662. The van der Waals surface area contributed by atoms with Crippen molar-refractivity contribution in [1.82, 2.24) is 0 Å². The first-order valence-corrected chi connectivity index (χ1v) is 6.44. The van der Waals surface area contributed by atoms with Crippen LogP contribution < -0.4 is 0 Å². The molecule has 19 heavy (non-hydrogen) atoms. The third-order valence-corrected chi connectivity index (χ3v) is 3.52. The Morgan fingerprint density at radius 3 is 2.58 bits per heavy atom. The van der Waals surface area contributed by atoms with Crippen LogP contribution in [-0.4, -0.2) is 39.0 Å². The van der Waals surface area contributed by atoms with Crippen molar-refractivity contribution in [2.45, 2.75) is 26.7 Å². The van der Waals surface area contributed by atoms with Crippen LogP contribution in [0.15, 0.2) is 22.8 Å². The van der Waals surface area contributed by atoms with Gasteiger partial charge >= 0.3 is 0 Å². The van der Waals surface area contributed by atoms with Crippen LogP contribution in [0.3, 0.4) is 0 Å². The molecule has 1 aliphatic rings. The smallest absolute Gasteiger partial charge is 0.162 e. The Morgan fingerprint density at radius 2 is 2.05 bits per heavy atom. The lowest BCUT2D eigenvalue weighted by Gasteiger charge is -2.10. The Labute approximate surface area is 114 Å². The molecule has 0 N–H and O–H groups in total. The molecule has 0 saturated carbocycles. The molecule has 0 fully saturated rings. The van der Waals surface area contributed by atoms with Crippen LogP contribution in [0.4, 0.5) is 0 Å². The highest BCUT2D eigenvalue weighted by atomic mass is 16.5. The predicted octanol–water partition coefficient (Wildman–Crippen LogP) is 2.09. The lowest BCUT2D eigenvalue weighted by molar-refractivity contribution is -0.123. The summed E-state index contributed by atoms with van der Waals surface area (Å²) in [4.78, 5) is 24.2. The fraction of sp³-hybridized carbons (Fsp3) is 0.600. The second kappa shape index (κ2) is 7.36. The van der Waals surface area contributed by atoms with Gasteiger partial charge in [-0.25, -0.2) is 0 Å². The van der Waals surface area contributed by atoms with Crippen molar-refractivity contribution in [1.29, 1.82) is 0 Å². The van der Waals surface area contributed by atoms with Crippen LogP contribution in [0, 0.1) is 5.92 Å². The van der Waals surface area contributed by atoms with Gasteiger partial charge in [0.2, 0.25) is 0 Å². The average molecular weight is 266 g/mol. The minimum atomic E-state index is -0.232. The number of carbonyl (C=O) groups excluding carboxylic acids is 2. The first kappa shape index (κ1) is 15.8. The van der Waals surface area contributed by atoms with E-state index in [9.17, 15) is 9.59 Å². The molecule has 4 heteroatoms. The molecule has 0 aromatic rings. The minimum absolute atomic E-state index is 0.00540. The van der Waals surface area contributed by atoms with Gasteiger partial charge in [0.05, 0.1) is 13.2 Å². The largest absolute Gasteiger partial charge is 0.380 e. The number of methoxy groups -OCH3 is 2. The first-order chi connectivity index (χ1) is 9.04. The van der Waals surface area contributed by atoms with Crippen LogP contribution >= 0.6 is 0 Å². The Morgan fingerprint density at radius 1 is 1.37 bits per heavy atom. The van der Waals surface area contributed by atoms with E-state index in [4.69, 9.17) is 9.47 Å². The van der Waals surface area contributed by atoms with E-state index in [-0.39, 0.29) is 23.9 Å². The Hall–Kier alpha value is -1.26. The van der Waals surface area contributed by atoms with Gasteiger partial charge in [0, 0.05) is 32.1 Å². The normalized spacial score (nSPS) is 20.3. The van der Waals surface area contributed by atoms with E-state index in [1.54, 1.807) is 20.3 Å². The first-order valence-electron chi connectivity index (χ1n) is 6.44. The molecule has 1 aliphatic carbocycles. The van der Waals surface area contributed by atoms with Gasteiger partial charge in [-0.15, -0.1) is 0 Å². The molecule has 0 heterocycles. The van der Waals surface area contributed by atoms with Crippen molar-refractivity contribution in [3.8, 4) is 0 Å². The zero-order chi connectivity index (χ0) is 14.4. The minimum Gasteiger partial charge on any atom is -0.380 e. The summed E-state index contributed by atoms with van der Waals surface area (Å²) < 4.78 is 10.1. The van der Waals surface area contributed by atoms with Gasteiger partial charge in [0.15, 0.2) is 11.6 Å². The highest BCUT2D eigenvalue weighted by Gasteiger charge is 2.32. The summed E-state index contributed by atoms with van der Waals surface area (Å²) in [5, 5.41) is 0. The number of allylic oxidation sites excluding steroid dienone is 2. The van der Waals surface area contributed by atoms with E-state index in [0.717, 1.165) is 11.1 Å². The zero-order valence-electron chi connectivity index (χ0n) is 12.1. The Bertz CT molecular complexity index is 418. The number of rotatable bonds is 7. The molecule has 106 valence electrons. The maximum Gasteiger partial charge on any atom is 0.162 e. The van der Waals surface area contributed by atoms with Crippen molar-refractivity contribution in [2.75, 3.05) is 27.4 Å². The molecular formula is C15H22O4. The molecular weight excluding hydrogens is 244 g/mol. The molecule has 4 nitrogen and oxygen atoms in total.